The average Bonchev–Trinajstić information content (AvgIpc) is 3.66. The smallest absolute Gasteiger partial charge is 0.416 e. The van der Waals surface area contributed by atoms with E-state index in [1.807, 2.05) is 48.2 Å². The molecule has 0 N–H and O–H groups in total. The van der Waals surface area contributed by atoms with E-state index in [1.165, 1.54) is 22.1 Å². The minimum absolute atomic E-state index is 0.105. The summed E-state index contributed by atoms with van der Waals surface area (Å²) in [6, 6.07) is 11.4. The lowest BCUT2D eigenvalue weighted by molar-refractivity contribution is -0.138. The summed E-state index contributed by atoms with van der Waals surface area (Å²) in [6.45, 7) is 2.59. The molecule has 1 amide bonds. The van der Waals surface area contributed by atoms with Crippen molar-refractivity contribution in [3.8, 4) is 10.9 Å². The van der Waals surface area contributed by atoms with E-state index in [4.69, 9.17) is 4.74 Å². The Morgan fingerprint density at radius 3 is 2.51 bits per heavy atom. The van der Waals surface area contributed by atoms with Crippen LogP contribution < -0.4 is 9.64 Å². The fraction of sp³-hybridized carbons (Fsp3) is 0.370. The van der Waals surface area contributed by atoms with Crippen molar-refractivity contribution in [1.29, 1.82) is 0 Å². The third kappa shape index (κ3) is 5.18. The third-order valence-electron chi connectivity index (χ3n) is 7.37. The van der Waals surface area contributed by atoms with E-state index in [0.29, 0.717) is 31.4 Å². The first-order chi connectivity index (χ1) is 18.6. The Hall–Kier alpha value is -3.64. The largest absolute Gasteiger partial charge is 0.431 e. The second kappa shape index (κ2) is 9.83. The van der Waals surface area contributed by atoms with Gasteiger partial charge in [-0.25, -0.2) is 9.78 Å². The van der Waals surface area contributed by atoms with Crippen molar-refractivity contribution < 1.29 is 22.7 Å². The van der Waals surface area contributed by atoms with Gasteiger partial charge in [0.25, 0.3) is 5.19 Å². The zero-order valence-corrected chi connectivity index (χ0v) is 22.2. The van der Waals surface area contributed by atoms with Crippen LogP contribution in [0.1, 0.15) is 11.1 Å². The number of halogens is 3. The summed E-state index contributed by atoms with van der Waals surface area (Å²) in [7, 11) is 3.77. The van der Waals surface area contributed by atoms with Gasteiger partial charge in [0, 0.05) is 46.8 Å². The Balaban J connectivity index is 1.12. The van der Waals surface area contributed by atoms with Crippen molar-refractivity contribution >= 4 is 33.3 Å². The molecule has 2 aliphatic heterocycles. The lowest BCUT2D eigenvalue weighted by Gasteiger charge is -2.23. The number of aromatic nitrogens is 3. The third-order valence-corrected chi connectivity index (χ3v) is 8.29. The molecule has 2 atom stereocenters. The molecule has 0 radical (unpaired) electrons. The van der Waals surface area contributed by atoms with E-state index in [9.17, 15) is 18.0 Å². The molecule has 6 rings (SSSR count). The summed E-state index contributed by atoms with van der Waals surface area (Å²) in [6.07, 6.45) is -1.17. The number of hydrogen-bond donors (Lipinski definition) is 0. The van der Waals surface area contributed by atoms with Crippen molar-refractivity contribution in [2.24, 2.45) is 11.8 Å². The predicted molar refractivity (Wildman–Crippen MR) is 142 cm³/mol. The number of rotatable bonds is 5. The number of nitrogens with zero attached hydrogens (tertiary/aromatic N) is 6. The van der Waals surface area contributed by atoms with Crippen molar-refractivity contribution in [1.82, 2.24) is 24.6 Å². The quantitative estimate of drug-likeness (QED) is 0.328. The summed E-state index contributed by atoms with van der Waals surface area (Å²) in [4.78, 5) is 23.0. The molecule has 0 saturated carbocycles. The molecule has 4 aromatic rings. The zero-order chi connectivity index (χ0) is 27.3. The van der Waals surface area contributed by atoms with E-state index in [0.717, 1.165) is 22.0 Å². The standard InChI is InChI=1S/C27H27F3N6O2S/c1-33(2)20-10-31-36(16-20)26(37)35-14-18-12-34(13-19(18)15-35)11-17-7-8-21(9-22(17)27(28,29)30)38-25-32-23-5-3-4-6-24(23)39-25/h3-10,16,18-19H,11-15H2,1-2H3. The Kier molecular flexibility index (Phi) is 6.46. The van der Waals surface area contributed by atoms with Crippen LogP contribution in [0.15, 0.2) is 54.9 Å². The number of amides is 1. The number of thiazole rings is 1. The Bertz CT molecular complexity index is 1470. The van der Waals surface area contributed by atoms with Crippen LogP contribution in [0.5, 0.6) is 10.9 Å². The number of alkyl halides is 3. The second-order valence-corrected chi connectivity index (χ2v) is 11.3. The zero-order valence-electron chi connectivity index (χ0n) is 21.4. The van der Waals surface area contributed by atoms with Crippen LogP contribution in [0.3, 0.4) is 0 Å². The molecule has 39 heavy (non-hydrogen) atoms. The first-order valence-corrected chi connectivity index (χ1v) is 13.4. The van der Waals surface area contributed by atoms with Crippen LogP contribution in [0.25, 0.3) is 10.2 Å². The van der Waals surface area contributed by atoms with Crippen LogP contribution in [0, 0.1) is 11.8 Å². The van der Waals surface area contributed by atoms with Gasteiger partial charge in [0.1, 0.15) is 5.75 Å². The molecule has 0 spiro atoms. The van der Waals surface area contributed by atoms with Crippen LogP contribution in [-0.4, -0.2) is 70.9 Å². The fourth-order valence-electron chi connectivity index (χ4n) is 5.43. The molecule has 2 saturated heterocycles. The predicted octanol–water partition coefficient (Wildman–Crippen LogP) is 5.40. The van der Waals surface area contributed by atoms with Crippen molar-refractivity contribution in [2.45, 2.75) is 12.7 Å². The van der Waals surface area contributed by atoms with Gasteiger partial charge in [-0.05, 0) is 41.7 Å². The van der Waals surface area contributed by atoms with Gasteiger partial charge in [0.15, 0.2) is 0 Å². The van der Waals surface area contributed by atoms with Gasteiger partial charge >= 0.3 is 12.2 Å². The van der Waals surface area contributed by atoms with Gasteiger partial charge in [-0.3, -0.25) is 4.90 Å². The molecule has 2 aromatic carbocycles. The highest BCUT2D eigenvalue weighted by molar-refractivity contribution is 7.20. The molecule has 4 heterocycles. The van der Waals surface area contributed by atoms with Crippen molar-refractivity contribution in [3.05, 3.63) is 66.0 Å². The highest BCUT2D eigenvalue weighted by atomic mass is 32.1. The maximum absolute atomic E-state index is 14.0. The average molecular weight is 557 g/mol. The number of carbonyl (C=O) groups is 1. The number of carbonyl (C=O) groups excluding carboxylic acids is 1. The minimum atomic E-state index is -4.52. The highest BCUT2D eigenvalue weighted by Crippen LogP contribution is 2.39. The van der Waals surface area contributed by atoms with Crippen LogP contribution >= 0.6 is 11.3 Å². The van der Waals surface area contributed by atoms with E-state index in [2.05, 4.69) is 10.1 Å². The summed E-state index contributed by atoms with van der Waals surface area (Å²) >= 11 is 1.29. The molecular weight excluding hydrogens is 529 g/mol. The molecule has 2 aliphatic rings. The second-order valence-electron chi connectivity index (χ2n) is 10.3. The number of hydrogen-bond acceptors (Lipinski definition) is 7. The lowest BCUT2D eigenvalue weighted by atomic mass is 10.0. The van der Waals surface area contributed by atoms with E-state index < -0.39 is 11.7 Å². The Labute approximate surface area is 227 Å². The molecule has 204 valence electrons. The van der Waals surface area contributed by atoms with Gasteiger partial charge < -0.3 is 14.5 Å². The number of likely N-dealkylation sites (tertiary alicyclic amines) is 2. The number of anilines is 1. The fourth-order valence-corrected chi connectivity index (χ4v) is 6.26. The monoisotopic (exact) mass is 556 g/mol. The Morgan fingerprint density at radius 2 is 1.85 bits per heavy atom. The maximum Gasteiger partial charge on any atom is 0.416 e. The molecular formula is C27H27F3N6O2S. The van der Waals surface area contributed by atoms with Crippen LogP contribution in [0.4, 0.5) is 23.7 Å². The topological polar surface area (TPSA) is 66.7 Å². The number of ether oxygens (including phenoxy) is 1. The summed E-state index contributed by atoms with van der Waals surface area (Å²) in [5, 5.41) is 4.48. The number of benzene rings is 2. The summed E-state index contributed by atoms with van der Waals surface area (Å²) < 4.78 is 50.1. The van der Waals surface area contributed by atoms with Gasteiger partial charge in [0.2, 0.25) is 0 Å². The number of para-hydroxylation sites is 1. The summed E-state index contributed by atoms with van der Waals surface area (Å²) in [5.74, 6) is 0.538. The van der Waals surface area contributed by atoms with E-state index in [-0.39, 0.29) is 35.7 Å². The Morgan fingerprint density at radius 1 is 1.10 bits per heavy atom. The lowest BCUT2D eigenvalue weighted by Crippen LogP contribution is -2.36. The maximum atomic E-state index is 14.0. The van der Waals surface area contributed by atoms with Gasteiger partial charge in [-0.1, -0.05) is 29.5 Å². The minimum Gasteiger partial charge on any atom is -0.431 e. The molecule has 0 aliphatic carbocycles. The van der Waals surface area contributed by atoms with Crippen LogP contribution in [0.2, 0.25) is 0 Å². The molecule has 2 aromatic heterocycles. The van der Waals surface area contributed by atoms with Gasteiger partial charge in [-0.2, -0.15) is 23.0 Å². The van der Waals surface area contributed by atoms with Gasteiger partial charge in [-0.15, -0.1) is 0 Å². The van der Waals surface area contributed by atoms with Crippen molar-refractivity contribution in [3.63, 3.8) is 0 Å². The normalized spacial score (nSPS) is 19.6. The SMILES string of the molecule is CN(C)c1cnn(C(=O)N2CC3CN(Cc4ccc(Oc5nc6ccccc6s5)cc4C(F)(F)F)CC3C2)c1. The van der Waals surface area contributed by atoms with Crippen molar-refractivity contribution in [2.75, 3.05) is 45.2 Å². The first kappa shape index (κ1) is 25.6. The number of fused-ring (bicyclic) bond motifs is 2. The van der Waals surface area contributed by atoms with E-state index >= 15 is 0 Å². The first-order valence-electron chi connectivity index (χ1n) is 12.6. The highest BCUT2D eigenvalue weighted by Gasteiger charge is 2.43. The molecule has 12 heteroatoms. The summed E-state index contributed by atoms with van der Waals surface area (Å²) in [5.41, 5.74) is 1.09. The molecule has 0 bridgehead atoms. The molecule has 2 unspecified atom stereocenters. The van der Waals surface area contributed by atoms with E-state index in [1.54, 1.807) is 23.4 Å². The molecule has 2 fully saturated rings. The van der Waals surface area contributed by atoms with Gasteiger partial charge in [0.05, 0.1) is 33.9 Å². The van der Waals surface area contributed by atoms with Crippen LogP contribution in [-0.2, 0) is 12.7 Å². The molecule has 8 nitrogen and oxygen atoms in total.